The molecule has 0 bridgehead atoms. The van der Waals surface area contributed by atoms with Gasteiger partial charge in [-0.1, -0.05) is 0 Å². The van der Waals surface area contributed by atoms with Gasteiger partial charge in [0.15, 0.2) is 0 Å². The number of nitrogens with one attached hydrogen (secondary N) is 1. The number of methoxy groups -OCH3 is 1. The van der Waals surface area contributed by atoms with Crippen LogP contribution < -0.4 is 5.32 Å². The first kappa shape index (κ1) is 14.8. The Morgan fingerprint density at radius 3 is 2.13 bits per heavy atom. The summed E-state index contributed by atoms with van der Waals surface area (Å²) in [7, 11) is 3.65. The topological polar surface area (TPSA) is 39.7 Å². The summed E-state index contributed by atoms with van der Waals surface area (Å²) < 4.78 is 15.6. The number of rotatable bonds is 12. The quantitative estimate of drug-likeness (QED) is 0.498. The van der Waals surface area contributed by atoms with Crippen molar-refractivity contribution < 1.29 is 14.2 Å². The molecule has 0 aliphatic heterocycles. The van der Waals surface area contributed by atoms with Crippen LogP contribution in [0.5, 0.6) is 0 Å². The molecule has 0 saturated heterocycles. The van der Waals surface area contributed by atoms with Gasteiger partial charge in [0, 0.05) is 26.9 Å². The second-order valence-corrected chi connectivity index (χ2v) is 3.38. The first-order valence-corrected chi connectivity index (χ1v) is 5.71. The number of ether oxygens (including phenoxy) is 3. The molecule has 92 valence electrons. The summed E-state index contributed by atoms with van der Waals surface area (Å²) in [5.74, 6) is 0. The van der Waals surface area contributed by atoms with Crippen molar-refractivity contribution in [2.24, 2.45) is 0 Å². The minimum atomic E-state index is 0.672. The highest BCUT2D eigenvalue weighted by Gasteiger charge is 1.91. The molecule has 0 radical (unpaired) electrons. The van der Waals surface area contributed by atoms with E-state index in [0.717, 1.165) is 39.2 Å². The van der Waals surface area contributed by atoms with Crippen LogP contribution in [0.2, 0.25) is 0 Å². The molecule has 0 heterocycles. The molecule has 0 fully saturated rings. The molecule has 0 aromatic heterocycles. The van der Waals surface area contributed by atoms with Crippen LogP contribution in [0.1, 0.15) is 19.3 Å². The summed E-state index contributed by atoms with van der Waals surface area (Å²) in [4.78, 5) is 0. The SMILES string of the molecule is CNCCCCOCCCOCCOC. The van der Waals surface area contributed by atoms with Gasteiger partial charge in [-0.25, -0.2) is 0 Å². The van der Waals surface area contributed by atoms with E-state index in [0.29, 0.717) is 13.2 Å². The molecule has 0 atom stereocenters. The van der Waals surface area contributed by atoms with Crippen LogP contribution in [0, 0.1) is 0 Å². The highest BCUT2D eigenvalue weighted by Crippen LogP contribution is 1.91. The average molecular weight is 219 g/mol. The zero-order valence-electron chi connectivity index (χ0n) is 10.1. The van der Waals surface area contributed by atoms with E-state index < -0.39 is 0 Å². The van der Waals surface area contributed by atoms with Crippen LogP contribution in [0.15, 0.2) is 0 Å². The highest BCUT2D eigenvalue weighted by atomic mass is 16.5. The zero-order valence-corrected chi connectivity index (χ0v) is 10.1. The summed E-state index contributed by atoms with van der Waals surface area (Å²) in [5.41, 5.74) is 0. The van der Waals surface area contributed by atoms with E-state index in [-0.39, 0.29) is 0 Å². The second-order valence-electron chi connectivity index (χ2n) is 3.38. The van der Waals surface area contributed by atoms with Gasteiger partial charge in [-0.3, -0.25) is 0 Å². The smallest absolute Gasteiger partial charge is 0.0700 e. The first-order chi connectivity index (χ1) is 7.41. The third kappa shape index (κ3) is 13.8. The number of unbranched alkanes of at least 4 members (excludes halogenated alkanes) is 1. The fourth-order valence-corrected chi connectivity index (χ4v) is 1.12. The average Bonchev–Trinajstić information content (AvgIpc) is 2.26. The molecule has 0 aliphatic carbocycles. The van der Waals surface area contributed by atoms with E-state index in [1.807, 2.05) is 7.05 Å². The molecule has 0 saturated carbocycles. The predicted octanol–water partition coefficient (Wildman–Crippen LogP) is 1.06. The molecule has 4 heteroatoms. The summed E-state index contributed by atoms with van der Waals surface area (Å²) >= 11 is 0. The molecule has 0 spiro atoms. The van der Waals surface area contributed by atoms with Crippen molar-refractivity contribution in [3.63, 3.8) is 0 Å². The van der Waals surface area contributed by atoms with Gasteiger partial charge < -0.3 is 19.5 Å². The molecule has 0 rings (SSSR count). The lowest BCUT2D eigenvalue weighted by molar-refractivity contribution is 0.0509. The lowest BCUT2D eigenvalue weighted by Gasteiger charge is -2.05. The van der Waals surface area contributed by atoms with Gasteiger partial charge in [-0.2, -0.15) is 0 Å². The molecule has 0 aromatic rings. The largest absolute Gasteiger partial charge is 0.382 e. The van der Waals surface area contributed by atoms with E-state index in [9.17, 15) is 0 Å². The summed E-state index contributed by atoms with van der Waals surface area (Å²) in [6, 6.07) is 0. The molecular weight excluding hydrogens is 194 g/mol. The van der Waals surface area contributed by atoms with Crippen LogP contribution in [0.4, 0.5) is 0 Å². The Hall–Kier alpha value is -0.160. The van der Waals surface area contributed by atoms with Crippen LogP contribution in [-0.2, 0) is 14.2 Å². The van der Waals surface area contributed by atoms with Gasteiger partial charge in [-0.15, -0.1) is 0 Å². The zero-order chi connectivity index (χ0) is 11.2. The molecule has 0 unspecified atom stereocenters. The van der Waals surface area contributed by atoms with E-state index >= 15 is 0 Å². The van der Waals surface area contributed by atoms with Crippen molar-refractivity contribution in [2.45, 2.75) is 19.3 Å². The first-order valence-electron chi connectivity index (χ1n) is 5.71. The highest BCUT2D eigenvalue weighted by molar-refractivity contribution is 4.42. The molecule has 1 N–H and O–H groups in total. The van der Waals surface area contributed by atoms with E-state index in [2.05, 4.69) is 5.32 Å². The van der Waals surface area contributed by atoms with Crippen molar-refractivity contribution in [3.05, 3.63) is 0 Å². The fourth-order valence-electron chi connectivity index (χ4n) is 1.12. The van der Waals surface area contributed by atoms with Gasteiger partial charge in [0.2, 0.25) is 0 Å². The van der Waals surface area contributed by atoms with Crippen LogP contribution in [0.25, 0.3) is 0 Å². The number of hydrogen-bond donors (Lipinski definition) is 1. The Morgan fingerprint density at radius 2 is 1.47 bits per heavy atom. The Morgan fingerprint density at radius 1 is 0.800 bits per heavy atom. The van der Waals surface area contributed by atoms with E-state index in [1.54, 1.807) is 7.11 Å². The third-order valence-electron chi connectivity index (χ3n) is 1.97. The summed E-state index contributed by atoms with van der Waals surface area (Å²) in [5, 5.41) is 3.11. The van der Waals surface area contributed by atoms with Crippen molar-refractivity contribution in [1.82, 2.24) is 5.32 Å². The molecular formula is C11H25NO3. The van der Waals surface area contributed by atoms with Gasteiger partial charge in [0.05, 0.1) is 13.2 Å². The lowest BCUT2D eigenvalue weighted by atomic mass is 10.3. The predicted molar refractivity (Wildman–Crippen MR) is 61.3 cm³/mol. The molecule has 4 nitrogen and oxygen atoms in total. The van der Waals surface area contributed by atoms with Crippen molar-refractivity contribution >= 4 is 0 Å². The van der Waals surface area contributed by atoms with E-state index in [1.165, 1.54) is 6.42 Å². The fraction of sp³-hybridized carbons (Fsp3) is 1.00. The molecule has 15 heavy (non-hydrogen) atoms. The maximum Gasteiger partial charge on any atom is 0.0700 e. The van der Waals surface area contributed by atoms with E-state index in [4.69, 9.17) is 14.2 Å². The van der Waals surface area contributed by atoms with Crippen molar-refractivity contribution in [2.75, 3.05) is 53.7 Å². The normalized spacial score (nSPS) is 10.8. The van der Waals surface area contributed by atoms with Crippen molar-refractivity contribution in [3.8, 4) is 0 Å². The molecule has 0 aliphatic rings. The maximum atomic E-state index is 5.45. The Labute approximate surface area is 93.3 Å². The second kappa shape index (κ2) is 13.8. The van der Waals surface area contributed by atoms with Crippen molar-refractivity contribution in [1.29, 1.82) is 0 Å². The summed E-state index contributed by atoms with van der Waals surface area (Å²) in [6.07, 6.45) is 3.28. The molecule has 0 aromatic carbocycles. The monoisotopic (exact) mass is 219 g/mol. The van der Waals surface area contributed by atoms with Crippen LogP contribution >= 0.6 is 0 Å². The van der Waals surface area contributed by atoms with Crippen LogP contribution in [0.3, 0.4) is 0 Å². The lowest BCUT2D eigenvalue weighted by Crippen LogP contribution is -2.09. The standard InChI is InChI=1S/C11H25NO3/c1-12-6-3-4-7-14-8-5-9-15-11-10-13-2/h12H,3-11H2,1-2H3. The number of hydrogen-bond acceptors (Lipinski definition) is 4. The Kier molecular flexibility index (Phi) is 13.7. The van der Waals surface area contributed by atoms with Gasteiger partial charge in [-0.05, 0) is 32.9 Å². The Bertz CT molecular complexity index is 100. The van der Waals surface area contributed by atoms with Gasteiger partial charge in [0.25, 0.3) is 0 Å². The molecule has 0 amide bonds. The minimum absolute atomic E-state index is 0.672. The van der Waals surface area contributed by atoms with Gasteiger partial charge in [0.1, 0.15) is 0 Å². The minimum Gasteiger partial charge on any atom is -0.382 e. The maximum absolute atomic E-state index is 5.45. The Balaban J connectivity index is 2.81. The van der Waals surface area contributed by atoms with Gasteiger partial charge >= 0.3 is 0 Å². The third-order valence-corrected chi connectivity index (χ3v) is 1.97. The van der Waals surface area contributed by atoms with Crippen LogP contribution in [-0.4, -0.2) is 53.7 Å². The summed E-state index contributed by atoms with van der Waals surface area (Å²) in [6.45, 7) is 4.85.